The van der Waals surface area contributed by atoms with Crippen molar-refractivity contribution in [3.05, 3.63) is 108 Å². The maximum absolute atomic E-state index is 17.1. The van der Waals surface area contributed by atoms with Crippen LogP contribution in [-0.2, 0) is 55.3 Å². The molecule has 30 heteroatoms. The SMILES string of the molecule is C=C(COC(=O)N1CCC[C@H]1CN(C)C(=O)O[C@]1(CC)C(=O)OCc2c1cc1n(c2=O)Cc2c-1nc1cc(F)c(C)cc1c2CN1CCC(F)(F)C(CO)C1)C(=O)N1CCN(c2nc(OC[C@@H]3CCCN3C)nc3c(F)c(-c4nc(N)cc(C)c4C(F)(F)F)c(Cl)cc23)[C@@H](C)C1. The van der Waals surface area contributed by atoms with Gasteiger partial charge < -0.3 is 58.9 Å². The lowest BCUT2D eigenvalue weighted by Gasteiger charge is -2.41. The van der Waals surface area contributed by atoms with Crippen LogP contribution in [0.25, 0.3) is 44.5 Å². The minimum absolute atomic E-state index is 0.00121. The number of rotatable bonds is 15. The Morgan fingerprint density at radius 2 is 1.68 bits per heavy atom. The number of nitrogens with zero attached hydrogens (tertiary/aromatic N) is 11. The lowest BCUT2D eigenvalue weighted by atomic mass is 9.85. The molecular formula is C66H72ClF7N12O10. The Balaban J connectivity index is 0.718. The predicted molar refractivity (Wildman–Crippen MR) is 338 cm³/mol. The van der Waals surface area contributed by atoms with E-state index in [0.717, 1.165) is 25.5 Å². The van der Waals surface area contributed by atoms with E-state index >= 15 is 8.78 Å². The summed E-state index contributed by atoms with van der Waals surface area (Å²) < 4.78 is 131. The first-order chi connectivity index (χ1) is 45.5. The number of anilines is 2. The van der Waals surface area contributed by atoms with Crippen LogP contribution < -0.4 is 20.9 Å². The van der Waals surface area contributed by atoms with Crippen LogP contribution in [0.2, 0.25) is 5.02 Å². The Hall–Kier alpha value is -8.41. The van der Waals surface area contributed by atoms with Crippen molar-refractivity contribution in [2.75, 3.05) is 96.9 Å². The largest absolute Gasteiger partial charge is 0.462 e. The molecule has 1 unspecified atom stereocenters. The number of cyclic esters (lactones) is 1. The maximum atomic E-state index is 17.1. The first-order valence-corrected chi connectivity index (χ1v) is 32.2. The second kappa shape index (κ2) is 25.9. The van der Waals surface area contributed by atoms with Gasteiger partial charge in [0.2, 0.25) is 5.60 Å². The van der Waals surface area contributed by atoms with Crippen LogP contribution in [0.15, 0.2) is 47.3 Å². The van der Waals surface area contributed by atoms with Gasteiger partial charge in [0.15, 0.2) is 5.82 Å². The normalized spacial score (nSPS) is 21.9. The molecule has 2 aromatic carbocycles. The molecule has 0 bridgehead atoms. The number of aromatic nitrogens is 5. The highest BCUT2D eigenvalue weighted by Crippen LogP contribution is 2.47. The van der Waals surface area contributed by atoms with Gasteiger partial charge in [-0.05, 0) is 107 Å². The van der Waals surface area contributed by atoms with Gasteiger partial charge in [-0.15, -0.1) is 0 Å². The van der Waals surface area contributed by atoms with Gasteiger partial charge in [0.1, 0.15) is 42.8 Å². The number of nitrogen functional groups attached to an aromatic ring is 1. The highest BCUT2D eigenvalue weighted by atomic mass is 35.5. The summed E-state index contributed by atoms with van der Waals surface area (Å²) in [7, 11) is 3.35. The van der Waals surface area contributed by atoms with Crippen molar-refractivity contribution >= 4 is 69.1 Å². The number of nitrogens with two attached hydrogens (primary N) is 1. The summed E-state index contributed by atoms with van der Waals surface area (Å²) in [5, 5.41) is 10.1. The van der Waals surface area contributed by atoms with Crippen LogP contribution in [0.1, 0.15) is 91.3 Å². The maximum Gasteiger partial charge on any atom is 0.418 e. The van der Waals surface area contributed by atoms with Crippen LogP contribution >= 0.6 is 11.6 Å². The molecule has 512 valence electrons. The number of ether oxygens (including phenoxy) is 4. The van der Waals surface area contributed by atoms with Gasteiger partial charge in [0.05, 0.1) is 69.4 Å². The number of hydrogen-bond donors (Lipinski definition) is 2. The zero-order chi connectivity index (χ0) is 68.8. The molecule has 6 aliphatic heterocycles. The third-order valence-corrected chi connectivity index (χ3v) is 20.0. The number of hydrogen-bond acceptors (Lipinski definition) is 18. The lowest BCUT2D eigenvalue weighted by molar-refractivity contribution is -0.173. The van der Waals surface area contributed by atoms with Gasteiger partial charge in [-0.25, -0.2) is 41.9 Å². The molecule has 22 nitrogen and oxygen atoms in total. The number of aliphatic hydroxyl groups excluding tert-OH is 1. The Labute approximate surface area is 551 Å². The number of likely N-dealkylation sites (tertiary alicyclic amines) is 3. The molecule has 0 saturated carbocycles. The second-order valence-corrected chi connectivity index (χ2v) is 26.3. The van der Waals surface area contributed by atoms with E-state index in [-0.39, 0.29) is 146 Å². The Bertz CT molecular complexity index is 4260. The number of amides is 3. The van der Waals surface area contributed by atoms with Crippen molar-refractivity contribution in [2.24, 2.45) is 5.92 Å². The first-order valence-electron chi connectivity index (χ1n) is 31.8. The second-order valence-electron chi connectivity index (χ2n) is 25.9. The fraction of sp³-hybridized carbons (Fsp3) is 0.500. The summed E-state index contributed by atoms with van der Waals surface area (Å²) in [5.74, 6) is -7.78. The van der Waals surface area contributed by atoms with Crippen LogP contribution in [0.3, 0.4) is 0 Å². The molecule has 12 rings (SSSR count). The van der Waals surface area contributed by atoms with Crippen molar-refractivity contribution in [1.29, 1.82) is 0 Å². The fourth-order valence-corrected chi connectivity index (χ4v) is 14.6. The molecule has 5 atom stereocenters. The summed E-state index contributed by atoms with van der Waals surface area (Å²) in [4.78, 5) is 98.7. The zero-order valence-corrected chi connectivity index (χ0v) is 54.4. The topological polar surface area (TPSA) is 244 Å². The number of carbonyl (C=O) groups excluding carboxylic acids is 4. The minimum atomic E-state index is -4.97. The van der Waals surface area contributed by atoms with Crippen molar-refractivity contribution < 1.29 is 74.0 Å². The van der Waals surface area contributed by atoms with Gasteiger partial charge in [-0.3, -0.25) is 14.5 Å². The Morgan fingerprint density at radius 3 is 2.39 bits per heavy atom. The number of aryl methyl sites for hydroxylation is 2. The van der Waals surface area contributed by atoms with Crippen molar-refractivity contribution in [1.82, 2.24) is 49.0 Å². The van der Waals surface area contributed by atoms with E-state index < -0.39 is 125 Å². The molecule has 3 amide bonds. The molecule has 3 N–H and O–H groups in total. The molecule has 0 spiro atoms. The number of piperidine rings is 1. The molecule has 0 aliphatic carbocycles. The van der Waals surface area contributed by atoms with Crippen LogP contribution in [0.5, 0.6) is 6.01 Å². The summed E-state index contributed by atoms with van der Waals surface area (Å²) in [6.07, 6.45) is -4.78. The number of carbonyl (C=O) groups is 4. The summed E-state index contributed by atoms with van der Waals surface area (Å²) in [6, 6.07) is 5.32. The highest BCUT2D eigenvalue weighted by molar-refractivity contribution is 6.34. The monoisotopic (exact) mass is 1360 g/mol. The smallest absolute Gasteiger partial charge is 0.418 e. The van der Waals surface area contributed by atoms with Gasteiger partial charge in [0.25, 0.3) is 17.4 Å². The van der Waals surface area contributed by atoms with E-state index in [1.54, 1.807) is 42.7 Å². The average molecular weight is 1360 g/mol. The number of likely N-dealkylation sites (N-methyl/N-ethyl adjacent to an activating group) is 2. The summed E-state index contributed by atoms with van der Waals surface area (Å²) in [5.41, 5.74) is 2.12. The van der Waals surface area contributed by atoms with Crippen molar-refractivity contribution in [3.63, 3.8) is 0 Å². The number of fused-ring (bicyclic) bond motifs is 6. The van der Waals surface area contributed by atoms with Crippen LogP contribution in [0, 0.1) is 31.4 Å². The number of pyridine rings is 3. The first kappa shape index (κ1) is 67.6. The zero-order valence-electron chi connectivity index (χ0n) is 53.7. The molecule has 6 aromatic rings. The number of piperazine rings is 1. The molecule has 10 heterocycles. The number of halogens is 8. The molecule has 4 saturated heterocycles. The number of alkyl halides is 5. The van der Waals surface area contributed by atoms with E-state index in [9.17, 15) is 51.0 Å². The van der Waals surface area contributed by atoms with E-state index in [1.165, 1.54) is 45.4 Å². The van der Waals surface area contributed by atoms with Crippen LogP contribution in [-0.4, -0.2) is 188 Å². The van der Waals surface area contributed by atoms with E-state index in [2.05, 4.69) is 21.4 Å². The molecule has 6 aliphatic rings. The van der Waals surface area contributed by atoms with E-state index in [0.29, 0.717) is 34.9 Å². The highest BCUT2D eigenvalue weighted by Gasteiger charge is 2.52. The summed E-state index contributed by atoms with van der Waals surface area (Å²) >= 11 is 6.72. The molecule has 4 fully saturated rings. The van der Waals surface area contributed by atoms with Crippen molar-refractivity contribution in [2.45, 2.75) is 122 Å². The van der Waals surface area contributed by atoms with E-state index in [4.69, 9.17) is 46.3 Å². The fourth-order valence-electron chi connectivity index (χ4n) is 14.4. The quantitative estimate of drug-likeness (QED) is 0.0420. The molecule has 0 radical (unpaired) electrons. The molecule has 4 aromatic heterocycles. The standard InChI is InChI=1S/C66H72ClF7N12O10/c1-8-64(45-22-49-54-43(28-86(49)59(89)44(45)32-93-60(64)90)42(40-19-33(2)47(68)23-48(40)76-54)27-82-16-13-65(70,71)37(25-82)29-87)96-62(91)81(7)26-38-11-10-15-85(38)63(92)95-30-35(4)58(88)83-17-18-84(36(5)24-83)57-41-21-46(67)51(56-52(66(72,73)74)34(3)20-50(75)77-56)53(69)55(41)78-61(79-57)94-31-39-12-9-14-80(39)6/h19-23,36-39,87H,4,8-18,24-32H2,1-3,5-7H3,(H2,75,77)/t36-,37?,38-,39-,64-/m0/s1. The lowest BCUT2D eigenvalue weighted by Crippen LogP contribution is -2.54. The van der Waals surface area contributed by atoms with Gasteiger partial charge in [-0.1, -0.05) is 25.1 Å². The third-order valence-electron chi connectivity index (χ3n) is 19.7. The predicted octanol–water partition coefficient (Wildman–Crippen LogP) is 9.13. The average Bonchev–Trinajstić information content (AvgIpc) is 1.42. The van der Waals surface area contributed by atoms with Gasteiger partial charge in [-0.2, -0.15) is 23.1 Å². The van der Waals surface area contributed by atoms with Crippen LogP contribution in [0.4, 0.5) is 52.0 Å². The number of esters is 1. The van der Waals surface area contributed by atoms with Gasteiger partial charge in [0, 0.05) is 111 Å². The minimum Gasteiger partial charge on any atom is -0.462 e. The molecule has 96 heavy (non-hydrogen) atoms. The van der Waals surface area contributed by atoms with Crippen molar-refractivity contribution in [3.8, 4) is 28.7 Å². The Morgan fingerprint density at radius 1 is 0.927 bits per heavy atom. The third kappa shape index (κ3) is 12.3. The number of benzene rings is 2. The summed E-state index contributed by atoms with van der Waals surface area (Å²) in [6.45, 7) is 9.65. The molecular weight excluding hydrogens is 1290 g/mol. The Kier molecular flexibility index (Phi) is 18.2. The van der Waals surface area contributed by atoms with Gasteiger partial charge >= 0.3 is 30.3 Å². The number of aliphatic hydroxyl groups is 1. The van der Waals surface area contributed by atoms with E-state index in [1.807, 2.05) is 7.05 Å².